The molecule has 1 atom stereocenters. The number of carbonyl (C=O) groups excluding carboxylic acids is 2. The minimum atomic E-state index is -5.07. The Bertz CT molecular complexity index is 811. The van der Waals surface area contributed by atoms with E-state index in [0.29, 0.717) is 23.6 Å². The number of thiazole rings is 1. The molecular weight excluding hydrogens is 395 g/mol. The number of hydrogen-bond acceptors (Lipinski definition) is 5. The van der Waals surface area contributed by atoms with Crippen molar-refractivity contribution >= 4 is 23.2 Å². The lowest BCUT2D eigenvalue weighted by atomic mass is 9.99. The topological polar surface area (TPSA) is 91.3 Å². The van der Waals surface area contributed by atoms with Gasteiger partial charge in [-0.05, 0) is 12.5 Å². The molecule has 152 valence electrons. The van der Waals surface area contributed by atoms with E-state index in [0.717, 1.165) is 5.56 Å². The molecule has 0 bridgehead atoms. The van der Waals surface area contributed by atoms with Gasteiger partial charge in [-0.3, -0.25) is 9.59 Å². The average Bonchev–Trinajstić information content (AvgIpc) is 3.07. The molecule has 10 heteroatoms. The minimum Gasteiger partial charge on any atom is -0.374 e. The molecule has 0 radical (unpaired) electrons. The van der Waals surface area contributed by atoms with Crippen molar-refractivity contribution in [2.24, 2.45) is 0 Å². The van der Waals surface area contributed by atoms with Gasteiger partial charge in [0.2, 0.25) is 17.4 Å². The van der Waals surface area contributed by atoms with E-state index in [1.54, 1.807) is 0 Å². The van der Waals surface area contributed by atoms with E-state index < -0.39 is 29.1 Å². The number of nitrogens with zero attached hydrogens (tertiary/aromatic N) is 1. The molecule has 0 spiro atoms. The van der Waals surface area contributed by atoms with Gasteiger partial charge in [0, 0.05) is 30.6 Å². The average molecular weight is 415 g/mol. The molecule has 0 aliphatic rings. The molecule has 1 unspecified atom stereocenters. The summed E-state index contributed by atoms with van der Waals surface area (Å²) in [5.41, 5.74) is -2.15. The Kier molecular flexibility index (Phi) is 7.14. The largest absolute Gasteiger partial charge is 0.424 e. The highest BCUT2D eigenvalue weighted by molar-refractivity contribution is 7.09. The Morgan fingerprint density at radius 3 is 2.39 bits per heavy atom. The third-order valence-corrected chi connectivity index (χ3v) is 4.98. The molecule has 2 amide bonds. The van der Waals surface area contributed by atoms with Gasteiger partial charge in [0.25, 0.3) is 0 Å². The molecule has 1 aromatic heterocycles. The number of aliphatic hydroxyl groups is 1. The Morgan fingerprint density at radius 2 is 1.82 bits per heavy atom. The lowest BCUT2D eigenvalue weighted by Gasteiger charge is -2.27. The van der Waals surface area contributed by atoms with Crippen LogP contribution in [0.3, 0.4) is 0 Å². The number of aryl methyl sites for hydroxylation is 1. The maximum absolute atomic E-state index is 13.3. The molecule has 0 fully saturated rings. The third kappa shape index (κ3) is 5.77. The fourth-order valence-corrected chi connectivity index (χ4v) is 3.25. The Hall–Kier alpha value is -2.46. The number of hydrogen-bond donors (Lipinski definition) is 3. The number of benzene rings is 1. The summed E-state index contributed by atoms with van der Waals surface area (Å²) in [6.45, 7) is 1.65. The zero-order valence-electron chi connectivity index (χ0n) is 15.0. The van der Waals surface area contributed by atoms with Gasteiger partial charge in [-0.1, -0.05) is 30.3 Å². The highest BCUT2D eigenvalue weighted by atomic mass is 32.1. The Labute approximate surface area is 163 Å². The second kappa shape index (κ2) is 9.16. The van der Waals surface area contributed by atoms with Crippen LogP contribution < -0.4 is 10.6 Å². The van der Waals surface area contributed by atoms with Crippen molar-refractivity contribution in [2.75, 3.05) is 6.54 Å². The van der Waals surface area contributed by atoms with Crippen LogP contribution in [0.4, 0.5) is 13.2 Å². The van der Waals surface area contributed by atoms with Crippen LogP contribution in [0.15, 0.2) is 35.7 Å². The van der Waals surface area contributed by atoms with Gasteiger partial charge in [-0.15, -0.1) is 11.3 Å². The van der Waals surface area contributed by atoms with Crippen LogP contribution in [-0.4, -0.2) is 34.6 Å². The summed E-state index contributed by atoms with van der Waals surface area (Å²) in [6.07, 6.45) is -6.39. The molecule has 6 nitrogen and oxygen atoms in total. The van der Waals surface area contributed by atoms with Gasteiger partial charge in [0.05, 0.1) is 6.42 Å². The first kappa shape index (κ1) is 21.8. The summed E-state index contributed by atoms with van der Waals surface area (Å²) >= 11 is 0.633. The summed E-state index contributed by atoms with van der Waals surface area (Å²) in [6, 6.07) is 9.16. The fraction of sp³-hybridized carbons (Fsp3) is 0.389. The summed E-state index contributed by atoms with van der Waals surface area (Å²) < 4.78 is 40.0. The van der Waals surface area contributed by atoms with E-state index in [4.69, 9.17) is 0 Å². The van der Waals surface area contributed by atoms with Crippen LogP contribution in [0.5, 0.6) is 0 Å². The summed E-state index contributed by atoms with van der Waals surface area (Å²) in [5, 5.41) is 15.8. The lowest BCUT2D eigenvalue weighted by molar-refractivity contribution is -0.267. The first-order chi connectivity index (χ1) is 13.1. The van der Waals surface area contributed by atoms with Crippen molar-refractivity contribution in [3.05, 3.63) is 52.0 Å². The number of aromatic nitrogens is 1. The molecule has 0 aliphatic heterocycles. The van der Waals surface area contributed by atoms with E-state index in [9.17, 15) is 27.9 Å². The van der Waals surface area contributed by atoms with E-state index in [2.05, 4.69) is 15.6 Å². The monoisotopic (exact) mass is 415 g/mol. The summed E-state index contributed by atoms with van der Waals surface area (Å²) in [4.78, 5) is 27.4. The van der Waals surface area contributed by atoms with Crippen molar-refractivity contribution in [1.82, 2.24) is 15.6 Å². The highest BCUT2D eigenvalue weighted by Crippen LogP contribution is 2.42. The minimum absolute atomic E-state index is 0.0978. The number of alkyl halides is 3. The fourth-order valence-electron chi connectivity index (χ4n) is 2.34. The molecular formula is C18H20F3N3O3S. The molecule has 0 aliphatic carbocycles. The van der Waals surface area contributed by atoms with Crippen molar-refractivity contribution < 1.29 is 27.9 Å². The van der Waals surface area contributed by atoms with Gasteiger partial charge >= 0.3 is 6.18 Å². The van der Waals surface area contributed by atoms with Crippen LogP contribution in [0.2, 0.25) is 0 Å². The molecule has 2 rings (SSSR count). The van der Waals surface area contributed by atoms with E-state index in [-0.39, 0.29) is 18.9 Å². The molecule has 3 N–H and O–H groups in total. The molecule has 1 heterocycles. The second-order valence-electron chi connectivity index (χ2n) is 6.19. The number of amides is 2. The number of halogens is 3. The van der Waals surface area contributed by atoms with E-state index in [1.165, 1.54) is 12.3 Å². The SMILES string of the molecule is Cc1csc(C(O)(CC(=O)NCCC(=O)NCc2ccccc2)C(F)(F)F)n1. The summed E-state index contributed by atoms with van der Waals surface area (Å²) in [5.74, 6) is -1.38. The van der Waals surface area contributed by atoms with E-state index >= 15 is 0 Å². The maximum Gasteiger partial charge on any atom is 0.424 e. The van der Waals surface area contributed by atoms with Gasteiger partial charge < -0.3 is 15.7 Å². The molecule has 0 saturated heterocycles. The zero-order valence-corrected chi connectivity index (χ0v) is 15.9. The van der Waals surface area contributed by atoms with Crippen molar-refractivity contribution in [3.8, 4) is 0 Å². The van der Waals surface area contributed by atoms with Gasteiger partial charge in [0.15, 0.2) is 0 Å². The third-order valence-electron chi connectivity index (χ3n) is 3.86. The first-order valence-corrected chi connectivity index (χ1v) is 9.29. The van der Waals surface area contributed by atoms with Crippen LogP contribution in [0.1, 0.15) is 29.1 Å². The van der Waals surface area contributed by atoms with Crippen molar-refractivity contribution in [3.63, 3.8) is 0 Å². The maximum atomic E-state index is 13.3. The first-order valence-electron chi connectivity index (χ1n) is 8.41. The van der Waals surface area contributed by atoms with Crippen molar-refractivity contribution in [1.29, 1.82) is 0 Å². The second-order valence-corrected chi connectivity index (χ2v) is 7.05. The quantitative estimate of drug-likeness (QED) is 0.618. The highest BCUT2D eigenvalue weighted by Gasteiger charge is 2.58. The Balaban J connectivity index is 1.84. The molecule has 2 aromatic rings. The molecule has 28 heavy (non-hydrogen) atoms. The van der Waals surface area contributed by atoms with E-state index in [1.807, 2.05) is 30.3 Å². The van der Waals surface area contributed by atoms with Gasteiger partial charge in [0.1, 0.15) is 5.01 Å². The lowest BCUT2D eigenvalue weighted by Crippen LogP contribution is -2.46. The van der Waals surface area contributed by atoms with Crippen LogP contribution in [0, 0.1) is 6.92 Å². The van der Waals surface area contributed by atoms with Gasteiger partial charge in [-0.25, -0.2) is 4.98 Å². The van der Waals surface area contributed by atoms with Crippen LogP contribution in [0.25, 0.3) is 0 Å². The normalized spacial score (nSPS) is 13.6. The van der Waals surface area contributed by atoms with Crippen LogP contribution in [-0.2, 0) is 21.7 Å². The standard InChI is InChI=1S/C18H20F3N3O3S/c1-12-11-28-16(24-12)17(27,18(19,20)21)9-15(26)22-8-7-14(25)23-10-13-5-3-2-4-6-13/h2-6,11,27H,7-10H2,1H3,(H,22,26)(H,23,25). The van der Waals surface area contributed by atoms with Crippen LogP contribution >= 0.6 is 11.3 Å². The van der Waals surface area contributed by atoms with Crippen molar-refractivity contribution in [2.45, 2.75) is 38.1 Å². The summed E-state index contributed by atoms with van der Waals surface area (Å²) in [7, 11) is 0. The number of rotatable bonds is 8. The number of carbonyl (C=O) groups is 2. The Morgan fingerprint density at radius 1 is 1.14 bits per heavy atom. The smallest absolute Gasteiger partial charge is 0.374 e. The predicted molar refractivity (Wildman–Crippen MR) is 97.3 cm³/mol. The zero-order chi connectivity index (χ0) is 20.8. The number of nitrogens with one attached hydrogen (secondary N) is 2. The predicted octanol–water partition coefficient (Wildman–Crippen LogP) is 2.41. The molecule has 0 saturated carbocycles. The molecule has 1 aromatic carbocycles. The van der Waals surface area contributed by atoms with Gasteiger partial charge in [-0.2, -0.15) is 13.2 Å².